The Hall–Kier alpha value is -2.35. The fraction of sp³-hybridized carbons (Fsp3) is 0.278. The van der Waals surface area contributed by atoms with Crippen LogP contribution in [0.25, 0.3) is 0 Å². The Bertz CT molecular complexity index is 743. The van der Waals surface area contributed by atoms with Crippen LogP contribution in [0.2, 0.25) is 0 Å². The topological polar surface area (TPSA) is 82.8 Å². The predicted molar refractivity (Wildman–Crippen MR) is 101 cm³/mol. The van der Waals surface area contributed by atoms with Crippen LogP contribution in [0.5, 0.6) is 5.75 Å². The highest BCUT2D eigenvalue weighted by Gasteiger charge is 2.12. The van der Waals surface area contributed by atoms with Crippen LogP contribution in [0.4, 0.5) is 15.8 Å². The molecule has 2 aromatic carbocycles. The molecular formula is C18H22ClFN2O4. The highest BCUT2D eigenvalue weighted by atomic mass is 35.5. The lowest BCUT2D eigenvalue weighted by Gasteiger charge is -2.11. The molecule has 0 aliphatic heterocycles. The Kier molecular flexibility index (Phi) is 8.84. The molecule has 0 aliphatic carbocycles. The summed E-state index contributed by atoms with van der Waals surface area (Å²) in [5.41, 5.74) is 7.28. The third kappa shape index (κ3) is 5.87. The number of halogens is 2. The van der Waals surface area contributed by atoms with Gasteiger partial charge in [-0.2, -0.15) is 0 Å². The number of amides is 1. The van der Waals surface area contributed by atoms with Crippen LogP contribution >= 0.6 is 12.4 Å². The second-order valence-electron chi connectivity index (χ2n) is 5.26. The number of ether oxygens (including phenoxy) is 3. The van der Waals surface area contributed by atoms with Crippen LogP contribution in [0.15, 0.2) is 36.4 Å². The second kappa shape index (κ2) is 10.6. The molecule has 0 heterocycles. The summed E-state index contributed by atoms with van der Waals surface area (Å²) in [5.74, 6) is -0.274. The van der Waals surface area contributed by atoms with E-state index in [-0.39, 0.29) is 19.0 Å². The Labute approximate surface area is 157 Å². The molecule has 0 fully saturated rings. The summed E-state index contributed by atoms with van der Waals surface area (Å²) in [6, 6.07) is 9.03. The molecule has 0 unspecified atom stereocenters. The van der Waals surface area contributed by atoms with E-state index in [1.54, 1.807) is 25.3 Å². The van der Waals surface area contributed by atoms with Gasteiger partial charge in [-0.05, 0) is 30.3 Å². The second-order valence-corrected chi connectivity index (χ2v) is 5.26. The van der Waals surface area contributed by atoms with Gasteiger partial charge < -0.3 is 25.3 Å². The third-order valence-corrected chi connectivity index (χ3v) is 3.51. The molecule has 0 spiro atoms. The maximum atomic E-state index is 13.9. The normalized spacial score (nSPS) is 10.1. The van der Waals surface area contributed by atoms with Crippen LogP contribution in [0.1, 0.15) is 15.9 Å². The molecule has 6 nitrogen and oxygen atoms in total. The molecule has 1 amide bonds. The summed E-state index contributed by atoms with van der Waals surface area (Å²) in [6.07, 6.45) is 0. The van der Waals surface area contributed by atoms with E-state index in [2.05, 4.69) is 5.32 Å². The Morgan fingerprint density at radius 3 is 2.62 bits per heavy atom. The SMILES string of the molecule is COCCOCc1cc(C(=O)Nc2cc(OC)ccc2N)ccc1F.Cl. The van der Waals surface area contributed by atoms with Gasteiger partial charge in [0.2, 0.25) is 0 Å². The Morgan fingerprint density at radius 1 is 1.15 bits per heavy atom. The van der Waals surface area contributed by atoms with Crippen molar-refractivity contribution in [2.45, 2.75) is 6.61 Å². The fourth-order valence-corrected chi connectivity index (χ4v) is 2.12. The van der Waals surface area contributed by atoms with Gasteiger partial charge in [0.1, 0.15) is 11.6 Å². The van der Waals surface area contributed by atoms with E-state index in [0.717, 1.165) is 0 Å². The number of methoxy groups -OCH3 is 2. The molecule has 0 atom stereocenters. The van der Waals surface area contributed by atoms with Crippen molar-refractivity contribution in [1.82, 2.24) is 0 Å². The minimum Gasteiger partial charge on any atom is -0.497 e. The monoisotopic (exact) mass is 384 g/mol. The van der Waals surface area contributed by atoms with Gasteiger partial charge in [-0.15, -0.1) is 12.4 Å². The van der Waals surface area contributed by atoms with Crippen LogP contribution in [0, 0.1) is 5.82 Å². The largest absolute Gasteiger partial charge is 0.497 e. The maximum absolute atomic E-state index is 13.9. The highest BCUT2D eigenvalue weighted by molar-refractivity contribution is 6.06. The van der Waals surface area contributed by atoms with Crippen molar-refractivity contribution in [3.63, 3.8) is 0 Å². The van der Waals surface area contributed by atoms with Gasteiger partial charge in [0.05, 0.1) is 38.3 Å². The van der Waals surface area contributed by atoms with Crippen molar-refractivity contribution >= 4 is 29.7 Å². The molecule has 3 N–H and O–H groups in total. The van der Waals surface area contributed by atoms with Crippen molar-refractivity contribution in [2.75, 3.05) is 38.5 Å². The van der Waals surface area contributed by atoms with E-state index < -0.39 is 11.7 Å². The average molecular weight is 385 g/mol. The van der Waals surface area contributed by atoms with Gasteiger partial charge in [-0.3, -0.25) is 4.79 Å². The summed E-state index contributed by atoms with van der Waals surface area (Å²) in [6.45, 7) is 0.807. The van der Waals surface area contributed by atoms with E-state index in [9.17, 15) is 9.18 Å². The molecule has 2 rings (SSSR count). The standard InChI is InChI=1S/C18H21FN2O4.ClH/c1-23-7-8-25-11-13-9-12(3-5-15(13)19)18(22)21-17-10-14(24-2)4-6-16(17)20;/h3-6,9-10H,7-8,11,20H2,1-2H3,(H,21,22);1H. The van der Waals surface area contributed by atoms with E-state index in [1.165, 1.54) is 25.3 Å². The summed E-state index contributed by atoms with van der Waals surface area (Å²) in [7, 11) is 3.08. The van der Waals surface area contributed by atoms with Gasteiger partial charge in [-0.1, -0.05) is 0 Å². The maximum Gasteiger partial charge on any atom is 0.255 e. The minimum atomic E-state index is -0.435. The lowest BCUT2D eigenvalue weighted by atomic mass is 10.1. The number of rotatable bonds is 8. The molecule has 2 aromatic rings. The molecular weight excluding hydrogens is 363 g/mol. The number of benzene rings is 2. The van der Waals surface area contributed by atoms with Crippen molar-refractivity contribution < 1.29 is 23.4 Å². The Morgan fingerprint density at radius 2 is 1.92 bits per heavy atom. The van der Waals surface area contributed by atoms with Crippen LogP contribution < -0.4 is 15.8 Å². The fourth-order valence-electron chi connectivity index (χ4n) is 2.12. The lowest BCUT2D eigenvalue weighted by Crippen LogP contribution is -2.14. The zero-order valence-electron chi connectivity index (χ0n) is 14.6. The van der Waals surface area contributed by atoms with Crippen LogP contribution in [0.3, 0.4) is 0 Å². The summed E-state index contributed by atoms with van der Waals surface area (Å²) < 4.78 is 29.1. The zero-order valence-corrected chi connectivity index (χ0v) is 15.4. The summed E-state index contributed by atoms with van der Waals surface area (Å²) in [5, 5.41) is 2.70. The quantitative estimate of drug-likeness (QED) is 0.539. The first-order valence-electron chi connectivity index (χ1n) is 7.65. The lowest BCUT2D eigenvalue weighted by molar-refractivity contribution is 0.0604. The molecule has 26 heavy (non-hydrogen) atoms. The molecule has 0 aliphatic rings. The van der Waals surface area contributed by atoms with Crippen molar-refractivity contribution in [3.8, 4) is 5.75 Å². The number of nitrogens with one attached hydrogen (secondary N) is 1. The number of carbonyl (C=O) groups is 1. The first kappa shape index (κ1) is 21.7. The number of hydrogen-bond acceptors (Lipinski definition) is 5. The van der Waals surface area contributed by atoms with Gasteiger partial charge in [0.15, 0.2) is 0 Å². The van der Waals surface area contributed by atoms with Gasteiger partial charge in [0.25, 0.3) is 5.91 Å². The molecule has 0 saturated carbocycles. The third-order valence-electron chi connectivity index (χ3n) is 3.51. The molecule has 142 valence electrons. The molecule has 8 heteroatoms. The predicted octanol–water partition coefficient (Wildman–Crippen LogP) is 3.25. The number of carbonyl (C=O) groups excluding carboxylic acids is 1. The highest BCUT2D eigenvalue weighted by Crippen LogP contribution is 2.25. The molecule has 0 bridgehead atoms. The molecule has 0 radical (unpaired) electrons. The number of hydrogen-bond donors (Lipinski definition) is 2. The first-order chi connectivity index (χ1) is 12.0. The zero-order chi connectivity index (χ0) is 18.2. The number of nitrogen functional groups attached to an aromatic ring is 1. The van der Waals surface area contributed by atoms with Gasteiger partial charge in [-0.25, -0.2) is 4.39 Å². The van der Waals surface area contributed by atoms with Crippen LogP contribution in [-0.2, 0) is 16.1 Å². The summed E-state index contributed by atoms with van der Waals surface area (Å²) in [4.78, 5) is 12.4. The van der Waals surface area contributed by atoms with E-state index >= 15 is 0 Å². The number of anilines is 2. The van der Waals surface area contributed by atoms with Crippen molar-refractivity contribution in [1.29, 1.82) is 0 Å². The smallest absolute Gasteiger partial charge is 0.255 e. The van der Waals surface area contributed by atoms with Gasteiger partial charge in [0, 0.05) is 24.3 Å². The van der Waals surface area contributed by atoms with Gasteiger partial charge >= 0.3 is 0 Å². The number of nitrogens with two attached hydrogens (primary N) is 1. The minimum absolute atomic E-state index is 0. The summed E-state index contributed by atoms with van der Waals surface area (Å²) >= 11 is 0. The molecule has 0 aromatic heterocycles. The first-order valence-corrected chi connectivity index (χ1v) is 7.65. The van der Waals surface area contributed by atoms with E-state index in [4.69, 9.17) is 19.9 Å². The average Bonchev–Trinajstić information content (AvgIpc) is 2.62. The molecule has 0 saturated heterocycles. The van der Waals surface area contributed by atoms with Crippen molar-refractivity contribution in [3.05, 3.63) is 53.3 Å². The van der Waals surface area contributed by atoms with E-state index in [0.29, 0.717) is 41.5 Å². The van der Waals surface area contributed by atoms with Crippen molar-refractivity contribution in [2.24, 2.45) is 0 Å². The van der Waals surface area contributed by atoms with Crippen LogP contribution in [-0.4, -0.2) is 33.3 Å². The van der Waals surface area contributed by atoms with E-state index in [1.807, 2.05) is 0 Å². The Balaban J connectivity index is 0.00000338.